The summed E-state index contributed by atoms with van der Waals surface area (Å²) in [6.45, 7) is 2.11. The molecule has 1 fully saturated rings. The Labute approximate surface area is 112 Å². The van der Waals surface area contributed by atoms with Gasteiger partial charge >= 0.3 is 0 Å². The lowest BCUT2D eigenvalue weighted by molar-refractivity contribution is 0.0331. The molecule has 0 bridgehead atoms. The quantitative estimate of drug-likeness (QED) is 0.838. The first-order chi connectivity index (χ1) is 9.15. The van der Waals surface area contributed by atoms with E-state index in [0.29, 0.717) is 6.54 Å². The maximum Gasteiger partial charge on any atom is 0.165 e. The summed E-state index contributed by atoms with van der Waals surface area (Å²) in [5.41, 5.74) is 0. The van der Waals surface area contributed by atoms with Crippen molar-refractivity contribution in [2.45, 2.75) is 25.0 Å². The Morgan fingerprint density at radius 1 is 1.32 bits per heavy atom. The molecule has 0 amide bonds. The number of piperidine rings is 1. The van der Waals surface area contributed by atoms with E-state index in [-0.39, 0.29) is 18.5 Å². The molecule has 0 aliphatic carbocycles. The highest BCUT2D eigenvalue weighted by Gasteiger charge is 2.19. The Bertz CT molecular complexity index is 394. The van der Waals surface area contributed by atoms with Crippen molar-refractivity contribution in [1.29, 1.82) is 0 Å². The Morgan fingerprint density at radius 3 is 2.68 bits per heavy atom. The van der Waals surface area contributed by atoms with Crippen molar-refractivity contribution in [3.8, 4) is 5.75 Å². The number of benzene rings is 1. The number of aliphatic hydroxyl groups is 2. The molecule has 1 aromatic carbocycles. The van der Waals surface area contributed by atoms with Crippen molar-refractivity contribution in [2.75, 3.05) is 26.2 Å². The Kier molecular flexibility index (Phi) is 5.13. The summed E-state index contributed by atoms with van der Waals surface area (Å²) >= 11 is 0. The van der Waals surface area contributed by atoms with Gasteiger partial charge in [-0.05, 0) is 25.0 Å². The number of hydrogen-bond donors (Lipinski definition) is 2. The highest BCUT2D eigenvalue weighted by Crippen LogP contribution is 2.16. The minimum Gasteiger partial charge on any atom is -0.488 e. The van der Waals surface area contributed by atoms with Gasteiger partial charge in [-0.1, -0.05) is 12.1 Å². The number of aliphatic hydroxyl groups excluding tert-OH is 2. The summed E-state index contributed by atoms with van der Waals surface area (Å²) in [4.78, 5) is 2.09. The van der Waals surface area contributed by atoms with Crippen LogP contribution >= 0.6 is 0 Å². The van der Waals surface area contributed by atoms with Crippen molar-refractivity contribution in [2.24, 2.45) is 0 Å². The standard InChI is InChI=1S/C14H20FNO3/c15-13-3-1-2-4-14(13)19-10-12(18)9-16-7-5-11(17)6-8-16/h1-4,11-12,17-18H,5-10H2. The molecule has 106 valence electrons. The van der Waals surface area contributed by atoms with Crippen LogP contribution in [0.25, 0.3) is 0 Å². The van der Waals surface area contributed by atoms with E-state index in [1.165, 1.54) is 6.07 Å². The lowest BCUT2D eigenvalue weighted by Gasteiger charge is -2.30. The number of likely N-dealkylation sites (tertiary alicyclic amines) is 1. The zero-order chi connectivity index (χ0) is 13.7. The van der Waals surface area contributed by atoms with E-state index in [2.05, 4.69) is 4.90 Å². The van der Waals surface area contributed by atoms with E-state index in [4.69, 9.17) is 4.74 Å². The largest absolute Gasteiger partial charge is 0.488 e. The number of nitrogens with zero attached hydrogens (tertiary/aromatic N) is 1. The van der Waals surface area contributed by atoms with Gasteiger partial charge in [0.15, 0.2) is 11.6 Å². The van der Waals surface area contributed by atoms with Crippen LogP contribution in [-0.4, -0.2) is 53.6 Å². The minimum absolute atomic E-state index is 0.0694. The van der Waals surface area contributed by atoms with Gasteiger partial charge in [0.05, 0.1) is 6.10 Å². The number of halogens is 1. The molecule has 0 aromatic heterocycles. The van der Waals surface area contributed by atoms with Gasteiger partial charge in [0.25, 0.3) is 0 Å². The first-order valence-electron chi connectivity index (χ1n) is 6.61. The molecule has 19 heavy (non-hydrogen) atoms. The maximum absolute atomic E-state index is 13.3. The SMILES string of the molecule is OC1CCN(CC(O)COc2ccccc2F)CC1. The van der Waals surface area contributed by atoms with Crippen LogP contribution < -0.4 is 4.74 Å². The third-order valence-electron chi connectivity index (χ3n) is 3.29. The lowest BCUT2D eigenvalue weighted by atomic mass is 10.1. The van der Waals surface area contributed by atoms with Crippen LogP contribution in [0.5, 0.6) is 5.75 Å². The van der Waals surface area contributed by atoms with Gasteiger partial charge in [0, 0.05) is 19.6 Å². The number of hydrogen-bond acceptors (Lipinski definition) is 4. The molecule has 0 saturated carbocycles. The molecular weight excluding hydrogens is 249 g/mol. The zero-order valence-electron chi connectivity index (χ0n) is 10.8. The van der Waals surface area contributed by atoms with Crippen molar-refractivity contribution in [1.82, 2.24) is 4.90 Å². The Hall–Kier alpha value is -1.17. The van der Waals surface area contributed by atoms with Gasteiger partial charge < -0.3 is 19.8 Å². The van der Waals surface area contributed by atoms with Crippen LogP contribution in [0.15, 0.2) is 24.3 Å². The number of β-amino-alcohol motifs (C(OH)–C–C–N with tert-alkyl or cyclic N) is 1. The number of rotatable bonds is 5. The normalized spacial score (nSPS) is 19.3. The second-order valence-electron chi connectivity index (χ2n) is 4.93. The molecule has 2 rings (SSSR count). The predicted octanol–water partition coefficient (Wildman–Crippen LogP) is 1.02. The summed E-state index contributed by atoms with van der Waals surface area (Å²) < 4.78 is 18.6. The van der Waals surface area contributed by atoms with Crippen molar-refractivity contribution < 1.29 is 19.3 Å². The molecule has 1 aliphatic rings. The van der Waals surface area contributed by atoms with Gasteiger partial charge in [-0.2, -0.15) is 0 Å². The molecule has 2 N–H and O–H groups in total. The molecule has 1 saturated heterocycles. The number of ether oxygens (including phenoxy) is 1. The molecule has 1 aliphatic heterocycles. The first-order valence-corrected chi connectivity index (χ1v) is 6.61. The van der Waals surface area contributed by atoms with Gasteiger partial charge in [0.1, 0.15) is 12.7 Å². The fourth-order valence-electron chi connectivity index (χ4n) is 2.20. The van der Waals surface area contributed by atoms with Crippen molar-refractivity contribution in [3.05, 3.63) is 30.1 Å². The summed E-state index contributed by atoms with van der Waals surface area (Å²) in [5, 5.41) is 19.3. The fraction of sp³-hybridized carbons (Fsp3) is 0.571. The summed E-state index contributed by atoms with van der Waals surface area (Å²) in [6, 6.07) is 6.15. The van der Waals surface area contributed by atoms with Gasteiger partial charge in [-0.25, -0.2) is 4.39 Å². The van der Waals surface area contributed by atoms with E-state index in [9.17, 15) is 14.6 Å². The summed E-state index contributed by atoms with van der Waals surface area (Å²) in [6.07, 6.45) is 0.597. The molecule has 4 nitrogen and oxygen atoms in total. The predicted molar refractivity (Wildman–Crippen MR) is 69.6 cm³/mol. The lowest BCUT2D eigenvalue weighted by Crippen LogP contribution is -2.41. The van der Waals surface area contributed by atoms with Crippen LogP contribution in [0.2, 0.25) is 0 Å². The average molecular weight is 269 g/mol. The van der Waals surface area contributed by atoms with Crippen LogP contribution in [-0.2, 0) is 0 Å². The van der Waals surface area contributed by atoms with Crippen LogP contribution in [0.4, 0.5) is 4.39 Å². The van der Waals surface area contributed by atoms with Crippen molar-refractivity contribution >= 4 is 0 Å². The molecule has 0 radical (unpaired) electrons. The van der Waals surface area contributed by atoms with Crippen LogP contribution in [0, 0.1) is 5.82 Å². The zero-order valence-corrected chi connectivity index (χ0v) is 10.8. The minimum atomic E-state index is -0.658. The first kappa shape index (κ1) is 14.2. The van der Waals surface area contributed by atoms with Gasteiger partial charge in [-0.3, -0.25) is 0 Å². The fourth-order valence-corrected chi connectivity index (χ4v) is 2.20. The van der Waals surface area contributed by atoms with Gasteiger partial charge in [-0.15, -0.1) is 0 Å². The Morgan fingerprint density at radius 2 is 2.00 bits per heavy atom. The van der Waals surface area contributed by atoms with Crippen LogP contribution in [0.3, 0.4) is 0 Å². The molecule has 1 atom stereocenters. The average Bonchev–Trinajstić information content (AvgIpc) is 2.40. The van der Waals surface area contributed by atoms with E-state index in [1.807, 2.05) is 0 Å². The van der Waals surface area contributed by atoms with Crippen LogP contribution in [0.1, 0.15) is 12.8 Å². The summed E-state index contributed by atoms with van der Waals surface area (Å²) in [5.74, 6) is -0.258. The molecule has 1 heterocycles. The van der Waals surface area contributed by atoms with E-state index in [1.54, 1.807) is 18.2 Å². The third kappa shape index (κ3) is 4.45. The topological polar surface area (TPSA) is 52.9 Å². The van der Waals surface area contributed by atoms with E-state index >= 15 is 0 Å². The second kappa shape index (κ2) is 6.84. The summed E-state index contributed by atoms with van der Waals surface area (Å²) in [7, 11) is 0. The maximum atomic E-state index is 13.3. The van der Waals surface area contributed by atoms with E-state index < -0.39 is 11.9 Å². The van der Waals surface area contributed by atoms with Gasteiger partial charge in [0.2, 0.25) is 0 Å². The molecule has 0 spiro atoms. The number of para-hydroxylation sites is 1. The highest BCUT2D eigenvalue weighted by molar-refractivity contribution is 5.23. The monoisotopic (exact) mass is 269 g/mol. The highest BCUT2D eigenvalue weighted by atomic mass is 19.1. The molecule has 1 aromatic rings. The third-order valence-corrected chi connectivity index (χ3v) is 3.29. The molecular formula is C14H20FNO3. The smallest absolute Gasteiger partial charge is 0.165 e. The molecule has 1 unspecified atom stereocenters. The van der Waals surface area contributed by atoms with Crippen molar-refractivity contribution in [3.63, 3.8) is 0 Å². The Balaban J connectivity index is 1.73. The van der Waals surface area contributed by atoms with E-state index in [0.717, 1.165) is 25.9 Å². The molecule has 5 heteroatoms. The second-order valence-corrected chi connectivity index (χ2v) is 4.93.